The Labute approximate surface area is 167 Å². The fraction of sp³-hybridized carbons (Fsp3) is 1.00. The third-order valence-electron chi connectivity index (χ3n) is 9.02. The van der Waals surface area contributed by atoms with E-state index in [0.717, 1.165) is 35.6 Å². The van der Waals surface area contributed by atoms with E-state index < -0.39 is 0 Å². The van der Waals surface area contributed by atoms with Crippen molar-refractivity contribution in [3.63, 3.8) is 0 Å². The van der Waals surface area contributed by atoms with E-state index in [1.807, 2.05) is 0 Å². The monoisotopic (exact) mass is 374 g/mol. The minimum absolute atomic E-state index is 0.935. The predicted molar refractivity (Wildman–Crippen MR) is 112 cm³/mol. The zero-order chi connectivity index (χ0) is 18.2. The molecule has 2 saturated carbocycles. The molecule has 0 aromatic carbocycles. The second-order valence-corrected chi connectivity index (χ2v) is 10.7. The number of fused-ring (bicyclic) bond motifs is 2. The van der Waals surface area contributed by atoms with Crippen molar-refractivity contribution >= 4 is 0 Å². The summed E-state index contributed by atoms with van der Waals surface area (Å²) in [6.45, 7) is 11.9. The van der Waals surface area contributed by atoms with Gasteiger partial charge in [-0.05, 0) is 94.7 Å². The minimum Gasteiger partial charge on any atom is -0.314 e. The summed E-state index contributed by atoms with van der Waals surface area (Å²) in [6.07, 6.45) is 10.5. The van der Waals surface area contributed by atoms with Gasteiger partial charge in [-0.1, -0.05) is 0 Å². The molecule has 3 heterocycles. The van der Waals surface area contributed by atoms with E-state index in [9.17, 15) is 0 Å². The molecule has 5 fully saturated rings. The van der Waals surface area contributed by atoms with Gasteiger partial charge in [0.05, 0.1) is 0 Å². The highest BCUT2D eigenvalue weighted by atomic mass is 15.2. The molecular weight excluding hydrogens is 332 g/mol. The molecule has 1 N–H and O–H groups in total. The van der Waals surface area contributed by atoms with Crippen LogP contribution in [0.2, 0.25) is 0 Å². The molecular formula is C23H42N4. The molecule has 3 saturated heterocycles. The topological polar surface area (TPSA) is 21.8 Å². The summed E-state index contributed by atoms with van der Waals surface area (Å²) in [4.78, 5) is 8.29. The zero-order valence-electron chi connectivity index (χ0n) is 17.6. The van der Waals surface area contributed by atoms with Crippen molar-refractivity contribution in [3.05, 3.63) is 0 Å². The second kappa shape index (κ2) is 8.30. The molecule has 2 aliphatic carbocycles. The Morgan fingerprint density at radius 1 is 0.815 bits per heavy atom. The van der Waals surface area contributed by atoms with Crippen LogP contribution in [0.1, 0.15) is 44.9 Å². The Kier molecular flexibility index (Phi) is 5.79. The molecule has 0 radical (unpaired) electrons. The van der Waals surface area contributed by atoms with Crippen molar-refractivity contribution in [2.45, 2.75) is 51.0 Å². The molecule has 6 unspecified atom stereocenters. The van der Waals surface area contributed by atoms with Crippen LogP contribution in [0.3, 0.4) is 0 Å². The fourth-order valence-electron chi connectivity index (χ4n) is 7.57. The van der Waals surface area contributed by atoms with Crippen LogP contribution in [-0.4, -0.2) is 86.7 Å². The first-order valence-electron chi connectivity index (χ1n) is 12.1. The Hall–Kier alpha value is -0.160. The first kappa shape index (κ1) is 18.8. The Balaban J connectivity index is 1.13. The standard InChI is InChI=1S/C23H42N4/c1-25-10-6-19-3-2-18(14-21(19)16-25)15-27-11-7-22-20(4-5-23(22)27)17-26-12-8-24-9-13-26/h18-24H,2-17H2,1H3. The Morgan fingerprint density at radius 2 is 1.70 bits per heavy atom. The fourth-order valence-corrected chi connectivity index (χ4v) is 7.57. The molecule has 0 bridgehead atoms. The van der Waals surface area contributed by atoms with Gasteiger partial charge in [0, 0.05) is 51.9 Å². The molecule has 0 aromatic heterocycles. The summed E-state index contributed by atoms with van der Waals surface area (Å²) >= 11 is 0. The number of likely N-dealkylation sites (tertiary alicyclic amines) is 2. The maximum absolute atomic E-state index is 3.51. The average molecular weight is 375 g/mol. The highest BCUT2D eigenvalue weighted by molar-refractivity contribution is 4.98. The van der Waals surface area contributed by atoms with Gasteiger partial charge in [-0.2, -0.15) is 0 Å². The van der Waals surface area contributed by atoms with Crippen LogP contribution in [-0.2, 0) is 0 Å². The first-order chi connectivity index (χ1) is 13.3. The van der Waals surface area contributed by atoms with Crippen molar-refractivity contribution in [3.8, 4) is 0 Å². The van der Waals surface area contributed by atoms with Crippen molar-refractivity contribution in [1.82, 2.24) is 20.0 Å². The van der Waals surface area contributed by atoms with Crippen LogP contribution >= 0.6 is 0 Å². The molecule has 4 heteroatoms. The molecule has 5 aliphatic rings. The normalized spacial score (nSPS) is 44.3. The number of nitrogens with zero attached hydrogens (tertiary/aromatic N) is 3. The van der Waals surface area contributed by atoms with Crippen molar-refractivity contribution < 1.29 is 0 Å². The van der Waals surface area contributed by atoms with Gasteiger partial charge in [0.1, 0.15) is 0 Å². The van der Waals surface area contributed by atoms with Crippen molar-refractivity contribution in [2.24, 2.45) is 29.6 Å². The third kappa shape index (κ3) is 4.10. The molecule has 6 atom stereocenters. The molecule has 0 aromatic rings. The van der Waals surface area contributed by atoms with Crippen LogP contribution in [0.15, 0.2) is 0 Å². The van der Waals surface area contributed by atoms with E-state index in [1.165, 1.54) is 104 Å². The highest BCUT2D eigenvalue weighted by Crippen LogP contribution is 2.45. The van der Waals surface area contributed by atoms with Crippen LogP contribution in [0.5, 0.6) is 0 Å². The number of nitrogens with one attached hydrogen (secondary N) is 1. The summed E-state index contributed by atoms with van der Waals surface area (Å²) in [7, 11) is 2.34. The average Bonchev–Trinajstić information content (AvgIpc) is 3.26. The number of piperazine rings is 1. The van der Waals surface area contributed by atoms with E-state index in [2.05, 4.69) is 27.1 Å². The maximum atomic E-state index is 3.51. The van der Waals surface area contributed by atoms with E-state index in [0.29, 0.717) is 0 Å². The van der Waals surface area contributed by atoms with Gasteiger partial charge in [-0.25, -0.2) is 0 Å². The second-order valence-electron chi connectivity index (χ2n) is 10.7. The predicted octanol–water partition coefficient (Wildman–Crippen LogP) is 2.36. The SMILES string of the molecule is CN1CCC2CCC(CN3CCC4C(CN5CCNCC5)CCC43)CC2C1. The molecule has 4 nitrogen and oxygen atoms in total. The Morgan fingerprint density at radius 3 is 2.59 bits per heavy atom. The summed E-state index contributed by atoms with van der Waals surface area (Å²) < 4.78 is 0. The van der Waals surface area contributed by atoms with Crippen molar-refractivity contribution in [2.75, 3.05) is 66.0 Å². The maximum Gasteiger partial charge on any atom is 0.0127 e. The van der Waals surface area contributed by atoms with E-state index in [-0.39, 0.29) is 0 Å². The lowest BCUT2D eigenvalue weighted by Crippen LogP contribution is -2.46. The van der Waals surface area contributed by atoms with Crippen LogP contribution in [0.25, 0.3) is 0 Å². The van der Waals surface area contributed by atoms with Crippen LogP contribution in [0.4, 0.5) is 0 Å². The minimum atomic E-state index is 0.935. The molecule has 27 heavy (non-hydrogen) atoms. The lowest BCUT2D eigenvalue weighted by molar-refractivity contribution is 0.0625. The third-order valence-corrected chi connectivity index (χ3v) is 9.02. The summed E-state index contributed by atoms with van der Waals surface area (Å²) in [5.41, 5.74) is 0. The van der Waals surface area contributed by atoms with Gasteiger partial charge in [-0.15, -0.1) is 0 Å². The van der Waals surface area contributed by atoms with E-state index >= 15 is 0 Å². The molecule has 5 rings (SSSR count). The summed E-state index contributed by atoms with van der Waals surface area (Å²) in [5.74, 6) is 5.05. The number of hydrogen-bond donors (Lipinski definition) is 1. The van der Waals surface area contributed by atoms with Gasteiger partial charge in [-0.3, -0.25) is 4.90 Å². The summed E-state index contributed by atoms with van der Waals surface area (Å²) in [5, 5.41) is 3.51. The largest absolute Gasteiger partial charge is 0.314 e. The van der Waals surface area contributed by atoms with Gasteiger partial charge in [0.2, 0.25) is 0 Å². The summed E-state index contributed by atoms with van der Waals surface area (Å²) in [6, 6.07) is 0.935. The smallest absolute Gasteiger partial charge is 0.0127 e. The lowest BCUT2D eigenvalue weighted by Gasteiger charge is -2.43. The van der Waals surface area contributed by atoms with E-state index in [1.54, 1.807) is 0 Å². The number of rotatable bonds is 4. The molecule has 3 aliphatic heterocycles. The van der Waals surface area contributed by atoms with Gasteiger partial charge >= 0.3 is 0 Å². The highest BCUT2D eigenvalue weighted by Gasteiger charge is 2.45. The zero-order valence-corrected chi connectivity index (χ0v) is 17.6. The van der Waals surface area contributed by atoms with Crippen molar-refractivity contribution in [1.29, 1.82) is 0 Å². The lowest BCUT2D eigenvalue weighted by atomic mass is 9.71. The van der Waals surface area contributed by atoms with Gasteiger partial charge < -0.3 is 15.1 Å². The first-order valence-corrected chi connectivity index (χ1v) is 12.1. The Bertz CT molecular complexity index is 491. The molecule has 0 spiro atoms. The number of piperidine rings is 1. The van der Waals surface area contributed by atoms with Crippen LogP contribution < -0.4 is 5.32 Å². The van der Waals surface area contributed by atoms with Crippen LogP contribution in [0, 0.1) is 29.6 Å². The van der Waals surface area contributed by atoms with Gasteiger partial charge in [0.15, 0.2) is 0 Å². The van der Waals surface area contributed by atoms with Gasteiger partial charge in [0.25, 0.3) is 0 Å². The van der Waals surface area contributed by atoms with E-state index in [4.69, 9.17) is 0 Å². The molecule has 0 amide bonds. The quantitative estimate of drug-likeness (QED) is 0.815. The molecule has 154 valence electrons. The number of hydrogen-bond acceptors (Lipinski definition) is 4.